The van der Waals surface area contributed by atoms with Gasteiger partial charge in [-0.05, 0) is 19.4 Å². The van der Waals surface area contributed by atoms with E-state index in [9.17, 15) is 4.79 Å². The van der Waals surface area contributed by atoms with Crippen molar-refractivity contribution in [2.75, 3.05) is 6.54 Å². The lowest BCUT2D eigenvalue weighted by atomic mass is 10.2. The number of amides is 1. The van der Waals surface area contributed by atoms with Crippen molar-refractivity contribution in [1.82, 2.24) is 15.6 Å². The molecule has 1 aromatic carbocycles. The van der Waals surface area contributed by atoms with Crippen molar-refractivity contribution in [3.8, 4) is 0 Å². The molecular formula is C16H22ClN3O. The molecule has 1 aromatic heterocycles. The molecule has 0 radical (unpaired) electrons. The number of H-pyrrole nitrogens is 1. The Balaban J connectivity index is 1.80. The van der Waals surface area contributed by atoms with E-state index in [2.05, 4.69) is 22.5 Å². The molecule has 0 saturated heterocycles. The molecule has 0 aliphatic carbocycles. The number of rotatable bonds is 7. The Kier molecular flexibility index (Phi) is 5.65. The average molecular weight is 308 g/mol. The summed E-state index contributed by atoms with van der Waals surface area (Å²) in [6.45, 7) is 5.33. The molecule has 0 bridgehead atoms. The molecule has 114 valence electrons. The van der Waals surface area contributed by atoms with E-state index in [0.29, 0.717) is 19.5 Å². The van der Waals surface area contributed by atoms with Gasteiger partial charge in [-0.3, -0.25) is 4.79 Å². The molecule has 0 spiro atoms. The highest BCUT2D eigenvalue weighted by molar-refractivity contribution is 6.36. The number of para-hydroxylation sites is 1. The second-order valence-corrected chi connectivity index (χ2v) is 5.64. The predicted octanol–water partition coefficient (Wildman–Crippen LogP) is 3.22. The zero-order valence-corrected chi connectivity index (χ0v) is 13.3. The van der Waals surface area contributed by atoms with Crippen molar-refractivity contribution >= 4 is 28.4 Å². The van der Waals surface area contributed by atoms with Gasteiger partial charge in [-0.1, -0.05) is 36.7 Å². The van der Waals surface area contributed by atoms with Gasteiger partial charge in [0.1, 0.15) is 0 Å². The minimum Gasteiger partial charge on any atom is -0.356 e. The monoisotopic (exact) mass is 307 g/mol. The predicted molar refractivity (Wildman–Crippen MR) is 87.5 cm³/mol. The van der Waals surface area contributed by atoms with Crippen LogP contribution in [-0.2, 0) is 11.3 Å². The molecule has 1 atom stereocenters. The average Bonchev–Trinajstić information content (AvgIpc) is 2.80. The van der Waals surface area contributed by atoms with Crippen LogP contribution in [0.2, 0.25) is 5.02 Å². The molecular weight excluding hydrogens is 286 g/mol. The fraction of sp³-hybridized carbons (Fsp3) is 0.438. The standard InChI is InChI=1S/C16H22ClN3O/c1-3-11(2)19-15(21)8-9-18-10-14-16(17)12-6-4-5-7-13(12)20-14/h4-7,11,18,20H,3,8-10H2,1-2H3,(H,19,21). The molecule has 2 rings (SSSR count). The molecule has 2 aromatic rings. The van der Waals surface area contributed by atoms with Crippen molar-refractivity contribution in [3.63, 3.8) is 0 Å². The number of hydrogen-bond donors (Lipinski definition) is 3. The topological polar surface area (TPSA) is 56.9 Å². The minimum atomic E-state index is 0.0830. The van der Waals surface area contributed by atoms with E-state index in [4.69, 9.17) is 11.6 Å². The molecule has 3 N–H and O–H groups in total. The van der Waals surface area contributed by atoms with Gasteiger partial charge in [-0.2, -0.15) is 0 Å². The molecule has 21 heavy (non-hydrogen) atoms. The molecule has 1 heterocycles. The van der Waals surface area contributed by atoms with E-state index in [0.717, 1.165) is 28.0 Å². The number of nitrogens with one attached hydrogen (secondary N) is 3. The van der Waals surface area contributed by atoms with Crippen molar-refractivity contribution in [1.29, 1.82) is 0 Å². The number of benzene rings is 1. The third-order valence-electron chi connectivity index (χ3n) is 3.56. The first-order valence-corrected chi connectivity index (χ1v) is 7.74. The number of aromatic nitrogens is 1. The van der Waals surface area contributed by atoms with Crippen LogP contribution >= 0.6 is 11.6 Å². The van der Waals surface area contributed by atoms with Crippen LogP contribution in [0.4, 0.5) is 0 Å². The third-order valence-corrected chi connectivity index (χ3v) is 4.00. The lowest BCUT2D eigenvalue weighted by Gasteiger charge is -2.11. The summed E-state index contributed by atoms with van der Waals surface area (Å²) in [5.41, 5.74) is 1.99. The van der Waals surface area contributed by atoms with Gasteiger partial charge in [0.2, 0.25) is 5.91 Å². The highest BCUT2D eigenvalue weighted by Gasteiger charge is 2.09. The highest BCUT2D eigenvalue weighted by atomic mass is 35.5. The summed E-state index contributed by atoms with van der Waals surface area (Å²) in [6, 6.07) is 8.19. The molecule has 1 unspecified atom stereocenters. The Morgan fingerprint density at radius 2 is 2.14 bits per heavy atom. The van der Waals surface area contributed by atoms with E-state index in [-0.39, 0.29) is 11.9 Å². The van der Waals surface area contributed by atoms with Crippen LogP contribution in [0.5, 0.6) is 0 Å². The Morgan fingerprint density at radius 1 is 1.38 bits per heavy atom. The van der Waals surface area contributed by atoms with Gasteiger partial charge in [0.25, 0.3) is 0 Å². The summed E-state index contributed by atoms with van der Waals surface area (Å²) in [4.78, 5) is 14.9. The summed E-state index contributed by atoms with van der Waals surface area (Å²) in [7, 11) is 0. The maximum Gasteiger partial charge on any atom is 0.221 e. The third kappa shape index (κ3) is 4.22. The largest absolute Gasteiger partial charge is 0.356 e. The van der Waals surface area contributed by atoms with Gasteiger partial charge in [0.05, 0.1) is 5.02 Å². The number of carbonyl (C=O) groups excluding carboxylic acids is 1. The quantitative estimate of drug-likeness (QED) is 0.688. The number of carbonyl (C=O) groups is 1. The van der Waals surface area contributed by atoms with Gasteiger partial charge in [0.15, 0.2) is 0 Å². The van der Waals surface area contributed by atoms with Crippen LogP contribution in [0.1, 0.15) is 32.4 Å². The van der Waals surface area contributed by atoms with Gasteiger partial charge in [-0.25, -0.2) is 0 Å². The van der Waals surface area contributed by atoms with E-state index >= 15 is 0 Å². The Hall–Kier alpha value is -1.52. The second-order valence-electron chi connectivity index (χ2n) is 5.27. The van der Waals surface area contributed by atoms with Crippen molar-refractivity contribution in [2.45, 2.75) is 39.3 Å². The number of halogens is 1. The first kappa shape index (κ1) is 15.9. The molecule has 0 fully saturated rings. The fourth-order valence-corrected chi connectivity index (χ4v) is 2.43. The molecule has 0 saturated carbocycles. The van der Waals surface area contributed by atoms with Gasteiger partial charge in [0, 0.05) is 42.1 Å². The first-order valence-electron chi connectivity index (χ1n) is 7.37. The number of hydrogen-bond acceptors (Lipinski definition) is 2. The lowest BCUT2D eigenvalue weighted by molar-refractivity contribution is -0.121. The minimum absolute atomic E-state index is 0.0830. The zero-order valence-electron chi connectivity index (χ0n) is 12.5. The van der Waals surface area contributed by atoms with Gasteiger partial charge < -0.3 is 15.6 Å². The van der Waals surface area contributed by atoms with E-state index in [1.165, 1.54) is 0 Å². The summed E-state index contributed by atoms with van der Waals surface area (Å²) in [5.74, 6) is 0.0830. The Labute approximate surface area is 130 Å². The van der Waals surface area contributed by atoms with E-state index in [1.807, 2.05) is 31.2 Å². The van der Waals surface area contributed by atoms with Crippen molar-refractivity contribution in [2.24, 2.45) is 0 Å². The van der Waals surface area contributed by atoms with Gasteiger partial charge >= 0.3 is 0 Å². The summed E-state index contributed by atoms with van der Waals surface area (Å²) >= 11 is 6.34. The molecule has 0 aliphatic heterocycles. The van der Waals surface area contributed by atoms with Crippen LogP contribution in [-0.4, -0.2) is 23.5 Å². The SMILES string of the molecule is CCC(C)NC(=O)CCNCc1[nH]c2ccccc2c1Cl. The van der Waals surface area contributed by atoms with Crippen LogP contribution in [0.25, 0.3) is 10.9 Å². The highest BCUT2D eigenvalue weighted by Crippen LogP contribution is 2.26. The Morgan fingerprint density at radius 3 is 2.86 bits per heavy atom. The van der Waals surface area contributed by atoms with Crippen LogP contribution in [0.3, 0.4) is 0 Å². The van der Waals surface area contributed by atoms with E-state index < -0.39 is 0 Å². The van der Waals surface area contributed by atoms with Crippen molar-refractivity contribution in [3.05, 3.63) is 35.0 Å². The second kappa shape index (κ2) is 7.48. The molecule has 1 amide bonds. The maximum absolute atomic E-state index is 11.6. The lowest BCUT2D eigenvalue weighted by Crippen LogP contribution is -2.33. The number of aromatic amines is 1. The van der Waals surface area contributed by atoms with Crippen molar-refractivity contribution < 1.29 is 4.79 Å². The molecule has 0 aliphatic rings. The smallest absolute Gasteiger partial charge is 0.221 e. The first-order chi connectivity index (χ1) is 10.1. The summed E-state index contributed by atoms with van der Waals surface area (Å²) in [6.07, 6.45) is 1.42. The normalized spacial score (nSPS) is 12.5. The van der Waals surface area contributed by atoms with Crippen LogP contribution in [0, 0.1) is 0 Å². The van der Waals surface area contributed by atoms with Crippen LogP contribution < -0.4 is 10.6 Å². The summed E-state index contributed by atoms with van der Waals surface area (Å²) < 4.78 is 0. The number of fused-ring (bicyclic) bond motifs is 1. The van der Waals surface area contributed by atoms with Crippen LogP contribution in [0.15, 0.2) is 24.3 Å². The molecule has 4 nitrogen and oxygen atoms in total. The van der Waals surface area contributed by atoms with E-state index in [1.54, 1.807) is 0 Å². The van der Waals surface area contributed by atoms with Gasteiger partial charge in [-0.15, -0.1) is 0 Å². The fourth-order valence-electron chi connectivity index (χ4n) is 2.15. The zero-order chi connectivity index (χ0) is 15.2. The summed E-state index contributed by atoms with van der Waals surface area (Å²) in [5, 5.41) is 7.98. The Bertz CT molecular complexity index is 609. The molecule has 5 heteroatoms. The maximum atomic E-state index is 11.6.